The second-order valence-corrected chi connectivity index (χ2v) is 5.57. The summed E-state index contributed by atoms with van der Waals surface area (Å²) in [5, 5.41) is 17.7. The summed E-state index contributed by atoms with van der Waals surface area (Å²) in [6.07, 6.45) is 1.82. The topological polar surface area (TPSA) is 62.2 Å². The third-order valence-corrected chi connectivity index (χ3v) is 3.51. The predicted octanol–water partition coefficient (Wildman–Crippen LogP) is 4.50. The number of aliphatic hydroxyl groups excluding tert-OH is 1. The Labute approximate surface area is 133 Å². The van der Waals surface area contributed by atoms with Crippen LogP contribution in [0.1, 0.15) is 31.0 Å². The van der Waals surface area contributed by atoms with E-state index in [1.165, 1.54) is 12.1 Å². The fraction of sp³-hybridized carbons (Fsp3) is 0.235. The number of aliphatic hydroxyl groups is 1. The third-order valence-electron chi connectivity index (χ3n) is 3.51. The van der Waals surface area contributed by atoms with Gasteiger partial charge in [-0.2, -0.15) is 0 Å². The van der Waals surface area contributed by atoms with Gasteiger partial charge in [0, 0.05) is 6.20 Å². The van der Waals surface area contributed by atoms with Gasteiger partial charge < -0.3 is 5.11 Å². The number of nitrogens with zero attached hydrogens (tertiary/aromatic N) is 4. The standard InChI is InChI=1S/C17H17FN4O/c1-11(2)16-17(21-20-14-5-3-13(18)4-6-14)22-8-7-12(10-23)9-15(22)19-16/h3-9,11,23H,10H2,1-2H3. The van der Waals surface area contributed by atoms with E-state index < -0.39 is 0 Å². The molecule has 0 aliphatic heterocycles. The maximum absolute atomic E-state index is 12.9. The number of imidazole rings is 1. The van der Waals surface area contributed by atoms with Crippen molar-refractivity contribution in [3.63, 3.8) is 0 Å². The first-order valence-electron chi connectivity index (χ1n) is 7.37. The lowest BCUT2D eigenvalue weighted by molar-refractivity contribution is 0.282. The van der Waals surface area contributed by atoms with E-state index in [0.29, 0.717) is 17.2 Å². The zero-order valence-electron chi connectivity index (χ0n) is 12.9. The molecule has 0 fully saturated rings. The minimum absolute atomic E-state index is 0.0349. The Morgan fingerprint density at radius 1 is 1.17 bits per heavy atom. The van der Waals surface area contributed by atoms with Crippen molar-refractivity contribution in [1.29, 1.82) is 0 Å². The lowest BCUT2D eigenvalue weighted by atomic mass is 10.1. The Kier molecular flexibility index (Phi) is 4.16. The molecule has 23 heavy (non-hydrogen) atoms. The second-order valence-electron chi connectivity index (χ2n) is 5.57. The highest BCUT2D eigenvalue weighted by atomic mass is 19.1. The molecule has 1 N–H and O–H groups in total. The summed E-state index contributed by atoms with van der Waals surface area (Å²) in [5.74, 6) is 0.511. The molecule has 6 heteroatoms. The summed E-state index contributed by atoms with van der Waals surface area (Å²) < 4.78 is 14.8. The van der Waals surface area contributed by atoms with Crippen LogP contribution in [0.4, 0.5) is 15.9 Å². The number of fused-ring (bicyclic) bond motifs is 1. The number of benzene rings is 1. The molecule has 0 unspecified atom stereocenters. The van der Waals surface area contributed by atoms with Gasteiger partial charge in [0.15, 0.2) is 5.82 Å². The van der Waals surface area contributed by atoms with E-state index in [1.54, 1.807) is 12.1 Å². The average molecular weight is 312 g/mol. The summed E-state index contributed by atoms with van der Waals surface area (Å²) in [6.45, 7) is 4.03. The summed E-state index contributed by atoms with van der Waals surface area (Å²) >= 11 is 0. The number of hydrogen-bond acceptors (Lipinski definition) is 4. The fourth-order valence-electron chi connectivity index (χ4n) is 2.29. The minimum atomic E-state index is -0.307. The van der Waals surface area contributed by atoms with Crippen LogP contribution in [0.3, 0.4) is 0 Å². The molecule has 0 saturated carbocycles. The van der Waals surface area contributed by atoms with Gasteiger partial charge in [-0.15, -0.1) is 10.2 Å². The predicted molar refractivity (Wildman–Crippen MR) is 85.8 cm³/mol. The van der Waals surface area contributed by atoms with Crippen LogP contribution in [-0.2, 0) is 6.61 Å². The van der Waals surface area contributed by atoms with Crippen LogP contribution in [0.15, 0.2) is 52.8 Å². The van der Waals surface area contributed by atoms with Crippen molar-refractivity contribution in [2.75, 3.05) is 0 Å². The quantitative estimate of drug-likeness (QED) is 0.721. The van der Waals surface area contributed by atoms with Gasteiger partial charge in [0.2, 0.25) is 0 Å². The van der Waals surface area contributed by atoms with Crippen LogP contribution in [-0.4, -0.2) is 14.5 Å². The zero-order valence-corrected chi connectivity index (χ0v) is 12.9. The van der Waals surface area contributed by atoms with E-state index in [1.807, 2.05) is 36.6 Å². The van der Waals surface area contributed by atoms with E-state index in [4.69, 9.17) is 0 Å². The summed E-state index contributed by atoms with van der Waals surface area (Å²) in [6, 6.07) is 9.47. The Morgan fingerprint density at radius 2 is 1.91 bits per heavy atom. The fourth-order valence-corrected chi connectivity index (χ4v) is 2.29. The summed E-state index contributed by atoms with van der Waals surface area (Å²) in [5.41, 5.74) is 2.90. The molecule has 2 heterocycles. The molecule has 0 radical (unpaired) electrons. The van der Waals surface area contributed by atoms with Gasteiger partial charge in [-0.25, -0.2) is 9.37 Å². The number of pyridine rings is 1. The first-order chi connectivity index (χ1) is 11.1. The first-order valence-corrected chi connectivity index (χ1v) is 7.37. The minimum Gasteiger partial charge on any atom is -0.392 e. The average Bonchev–Trinajstić information content (AvgIpc) is 2.92. The molecule has 0 aliphatic carbocycles. The molecule has 118 valence electrons. The van der Waals surface area contributed by atoms with Gasteiger partial charge >= 0.3 is 0 Å². The molecular formula is C17H17FN4O. The lowest BCUT2D eigenvalue weighted by Crippen LogP contribution is -1.88. The molecule has 2 aromatic heterocycles. The zero-order chi connectivity index (χ0) is 16.4. The van der Waals surface area contributed by atoms with Crippen LogP contribution in [0.2, 0.25) is 0 Å². The van der Waals surface area contributed by atoms with Crippen molar-refractivity contribution in [3.05, 3.63) is 59.7 Å². The smallest absolute Gasteiger partial charge is 0.183 e. The Balaban J connectivity index is 2.07. The van der Waals surface area contributed by atoms with Crippen LogP contribution < -0.4 is 0 Å². The normalized spacial score (nSPS) is 11.9. The second kappa shape index (κ2) is 6.26. The number of aromatic nitrogens is 2. The van der Waals surface area contributed by atoms with Crippen molar-refractivity contribution in [1.82, 2.24) is 9.38 Å². The van der Waals surface area contributed by atoms with Crippen molar-refractivity contribution in [2.45, 2.75) is 26.4 Å². The summed E-state index contributed by atoms with van der Waals surface area (Å²) in [4.78, 5) is 4.59. The largest absolute Gasteiger partial charge is 0.392 e. The van der Waals surface area contributed by atoms with E-state index in [0.717, 1.165) is 11.3 Å². The maximum Gasteiger partial charge on any atom is 0.183 e. The Morgan fingerprint density at radius 3 is 2.57 bits per heavy atom. The molecule has 1 aromatic carbocycles. The van der Waals surface area contributed by atoms with Crippen LogP contribution in [0, 0.1) is 5.82 Å². The van der Waals surface area contributed by atoms with Crippen molar-refractivity contribution >= 4 is 17.2 Å². The van der Waals surface area contributed by atoms with Gasteiger partial charge in [-0.3, -0.25) is 4.40 Å². The van der Waals surface area contributed by atoms with Gasteiger partial charge in [0.25, 0.3) is 0 Å². The number of hydrogen-bond donors (Lipinski definition) is 1. The number of halogens is 1. The number of azo groups is 1. The monoisotopic (exact) mass is 312 g/mol. The molecule has 0 amide bonds. The Bertz CT molecular complexity index is 853. The van der Waals surface area contributed by atoms with Gasteiger partial charge in [0.05, 0.1) is 18.0 Å². The highest BCUT2D eigenvalue weighted by molar-refractivity contribution is 5.54. The Hall–Kier alpha value is -2.60. The molecule has 3 aromatic rings. The van der Waals surface area contributed by atoms with Crippen LogP contribution in [0.25, 0.3) is 5.65 Å². The third kappa shape index (κ3) is 3.12. The number of rotatable bonds is 4. The van der Waals surface area contributed by atoms with Gasteiger partial charge in [-0.05, 0) is 47.9 Å². The molecule has 3 rings (SSSR count). The highest BCUT2D eigenvalue weighted by Gasteiger charge is 2.15. The molecule has 0 saturated heterocycles. The van der Waals surface area contributed by atoms with Crippen LogP contribution >= 0.6 is 0 Å². The molecule has 0 bridgehead atoms. The van der Waals surface area contributed by atoms with E-state index in [9.17, 15) is 9.50 Å². The SMILES string of the molecule is CC(C)c1nc2cc(CO)ccn2c1N=Nc1ccc(F)cc1. The highest BCUT2D eigenvalue weighted by Crippen LogP contribution is 2.29. The molecular weight excluding hydrogens is 295 g/mol. The van der Waals surface area contributed by atoms with Crippen molar-refractivity contribution < 1.29 is 9.50 Å². The molecule has 5 nitrogen and oxygen atoms in total. The first kappa shape index (κ1) is 15.3. The van der Waals surface area contributed by atoms with Crippen molar-refractivity contribution in [2.24, 2.45) is 10.2 Å². The molecule has 0 spiro atoms. The van der Waals surface area contributed by atoms with Crippen LogP contribution in [0.5, 0.6) is 0 Å². The molecule has 0 atom stereocenters. The van der Waals surface area contributed by atoms with E-state index in [-0.39, 0.29) is 18.3 Å². The maximum atomic E-state index is 12.9. The van der Waals surface area contributed by atoms with Crippen molar-refractivity contribution in [3.8, 4) is 0 Å². The summed E-state index contributed by atoms with van der Waals surface area (Å²) in [7, 11) is 0. The van der Waals surface area contributed by atoms with Gasteiger partial charge in [0.1, 0.15) is 11.5 Å². The molecule has 0 aliphatic rings. The van der Waals surface area contributed by atoms with E-state index >= 15 is 0 Å². The van der Waals surface area contributed by atoms with Gasteiger partial charge in [-0.1, -0.05) is 13.8 Å². The van der Waals surface area contributed by atoms with E-state index in [2.05, 4.69) is 15.2 Å². The lowest BCUT2D eigenvalue weighted by Gasteiger charge is -2.02.